The van der Waals surface area contributed by atoms with Crippen LogP contribution in [-0.2, 0) is 0 Å². The van der Waals surface area contributed by atoms with E-state index in [1.54, 1.807) is 17.6 Å². The second-order valence-electron chi connectivity index (χ2n) is 6.49. The van der Waals surface area contributed by atoms with E-state index >= 15 is 0 Å². The summed E-state index contributed by atoms with van der Waals surface area (Å²) in [6.45, 7) is 2.58. The first-order chi connectivity index (χ1) is 13.6. The van der Waals surface area contributed by atoms with Crippen molar-refractivity contribution in [2.45, 2.75) is 4.90 Å². The third kappa shape index (κ3) is 4.52. The van der Waals surface area contributed by atoms with Crippen molar-refractivity contribution in [2.75, 3.05) is 41.7 Å². The molecule has 2 N–H and O–H groups in total. The van der Waals surface area contributed by atoms with Crippen LogP contribution in [0.1, 0.15) is 0 Å². The predicted octanol–water partition coefficient (Wildman–Crippen LogP) is 5.51. The molecule has 3 aromatic rings. The number of rotatable bonds is 6. The molecule has 5 nitrogen and oxygen atoms in total. The van der Waals surface area contributed by atoms with Crippen molar-refractivity contribution >= 4 is 57.8 Å². The second-order valence-corrected chi connectivity index (χ2v) is 8.50. The fourth-order valence-electron chi connectivity index (χ4n) is 2.97. The number of nitrogens with one attached hydrogen (secondary N) is 2. The van der Waals surface area contributed by atoms with Crippen LogP contribution < -0.4 is 14.9 Å². The van der Waals surface area contributed by atoms with Gasteiger partial charge in [-0.3, -0.25) is 4.90 Å². The molecule has 1 aliphatic heterocycles. The maximum Gasteiger partial charge on any atom is 0.147 e. The topological polar surface area (TPSA) is 43.4 Å². The minimum atomic E-state index is -0.249. The molecule has 0 saturated carbocycles. The first-order valence-corrected chi connectivity index (χ1v) is 10.8. The number of aromatic nitrogens is 1. The molecule has 0 radical (unpaired) electrons. The molecule has 1 fully saturated rings. The largest absolute Gasteiger partial charge is 0.355 e. The number of thiazole rings is 1. The number of halogens is 2. The maximum atomic E-state index is 13.9. The zero-order valence-electron chi connectivity index (χ0n) is 15.2. The lowest BCUT2D eigenvalue weighted by atomic mass is 10.2. The highest BCUT2D eigenvalue weighted by atomic mass is 35.5. The van der Waals surface area contributed by atoms with Gasteiger partial charge in [0.25, 0.3) is 0 Å². The van der Waals surface area contributed by atoms with Gasteiger partial charge in [0.2, 0.25) is 0 Å². The van der Waals surface area contributed by atoms with Gasteiger partial charge < -0.3 is 14.9 Å². The van der Waals surface area contributed by atoms with Gasteiger partial charge in [0.1, 0.15) is 11.6 Å². The van der Waals surface area contributed by atoms with Gasteiger partial charge in [-0.2, -0.15) is 0 Å². The molecule has 0 aliphatic carbocycles. The SMILES string of the molecule is CN1CCN(c2cc(F)ccc2Nc2ccc(SNc3cscn3)cc2Cl)C1. The first-order valence-electron chi connectivity index (χ1n) is 8.69. The molecule has 0 bridgehead atoms. The summed E-state index contributed by atoms with van der Waals surface area (Å²) in [6, 6.07) is 10.6. The van der Waals surface area contributed by atoms with Crippen molar-refractivity contribution in [3.63, 3.8) is 0 Å². The van der Waals surface area contributed by atoms with E-state index in [4.69, 9.17) is 11.6 Å². The Morgan fingerprint density at radius 1 is 1.18 bits per heavy atom. The molecule has 0 amide bonds. The van der Waals surface area contributed by atoms with E-state index in [2.05, 4.69) is 31.9 Å². The fraction of sp³-hybridized carbons (Fsp3) is 0.211. The Labute approximate surface area is 176 Å². The highest BCUT2D eigenvalue weighted by molar-refractivity contribution is 8.00. The van der Waals surface area contributed by atoms with Gasteiger partial charge in [0.05, 0.1) is 34.3 Å². The standard InChI is InChI=1S/C19H19ClFN5S2/c1-25-6-7-26(12-25)18-8-13(21)2-4-17(18)23-16-5-3-14(9-15(16)20)28-24-19-10-27-11-22-19/h2-5,8-11,23-24H,6-7,12H2,1H3. The Kier molecular flexibility index (Phi) is 5.91. The summed E-state index contributed by atoms with van der Waals surface area (Å²) < 4.78 is 17.0. The van der Waals surface area contributed by atoms with Gasteiger partial charge in [-0.1, -0.05) is 11.6 Å². The van der Waals surface area contributed by atoms with Gasteiger partial charge in [-0.15, -0.1) is 11.3 Å². The average molecular weight is 436 g/mol. The third-order valence-corrected chi connectivity index (χ3v) is 6.08. The van der Waals surface area contributed by atoms with Crippen LogP contribution in [0, 0.1) is 5.82 Å². The normalized spacial score (nSPS) is 14.5. The highest BCUT2D eigenvalue weighted by Gasteiger charge is 2.20. The van der Waals surface area contributed by atoms with E-state index in [0.29, 0.717) is 5.02 Å². The fourth-order valence-corrected chi connectivity index (χ4v) is 4.47. The summed E-state index contributed by atoms with van der Waals surface area (Å²) >= 11 is 9.48. The molecule has 1 aliphatic rings. The van der Waals surface area contributed by atoms with Crippen LogP contribution in [0.4, 0.5) is 27.3 Å². The number of hydrogen-bond acceptors (Lipinski definition) is 7. The van der Waals surface area contributed by atoms with Crippen LogP contribution in [0.5, 0.6) is 0 Å². The Morgan fingerprint density at radius 2 is 2.04 bits per heavy atom. The van der Waals surface area contributed by atoms with Crippen molar-refractivity contribution < 1.29 is 4.39 Å². The Balaban J connectivity index is 1.51. The average Bonchev–Trinajstić information content (AvgIpc) is 3.35. The van der Waals surface area contributed by atoms with E-state index in [1.807, 2.05) is 23.6 Å². The molecule has 0 spiro atoms. The molecule has 1 aromatic heterocycles. The van der Waals surface area contributed by atoms with Crippen LogP contribution in [0.2, 0.25) is 5.02 Å². The summed E-state index contributed by atoms with van der Waals surface area (Å²) in [4.78, 5) is 9.52. The Hall–Kier alpha value is -2.00. The molecule has 2 heterocycles. The van der Waals surface area contributed by atoms with Crippen molar-refractivity contribution in [3.05, 3.63) is 58.1 Å². The van der Waals surface area contributed by atoms with E-state index in [-0.39, 0.29) is 5.82 Å². The zero-order chi connectivity index (χ0) is 19.5. The quantitative estimate of drug-likeness (QED) is 0.498. The van der Waals surface area contributed by atoms with Crippen molar-refractivity contribution in [1.82, 2.24) is 9.88 Å². The predicted molar refractivity (Wildman–Crippen MR) is 118 cm³/mol. The lowest BCUT2D eigenvalue weighted by Gasteiger charge is -2.22. The summed E-state index contributed by atoms with van der Waals surface area (Å²) in [5, 5.41) is 5.89. The second kappa shape index (κ2) is 8.57. The van der Waals surface area contributed by atoms with E-state index in [1.165, 1.54) is 29.4 Å². The molecule has 9 heteroatoms. The van der Waals surface area contributed by atoms with Crippen LogP contribution in [0.25, 0.3) is 0 Å². The van der Waals surface area contributed by atoms with Crippen LogP contribution >= 0.6 is 34.9 Å². The zero-order valence-corrected chi connectivity index (χ0v) is 17.5. The third-order valence-electron chi connectivity index (χ3n) is 4.38. The van der Waals surface area contributed by atoms with Crippen LogP contribution in [0.3, 0.4) is 0 Å². The van der Waals surface area contributed by atoms with Crippen molar-refractivity contribution in [1.29, 1.82) is 0 Å². The van der Waals surface area contributed by atoms with Crippen molar-refractivity contribution in [2.24, 2.45) is 0 Å². The van der Waals surface area contributed by atoms with Gasteiger partial charge >= 0.3 is 0 Å². The number of likely N-dealkylation sites (N-methyl/N-ethyl adjacent to an activating group) is 1. The maximum absolute atomic E-state index is 13.9. The minimum absolute atomic E-state index is 0.249. The number of nitrogens with zero attached hydrogens (tertiary/aromatic N) is 3. The van der Waals surface area contributed by atoms with E-state index in [0.717, 1.165) is 47.5 Å². The molecule has 0 unspecified atom stereocenters. The summed E-state index contributed by atoms with van der Waals surface area (Å²) in [6.07, 6.45) is 0. The molecular weight excluding hydrogens is 417 g/mol. The molecule has 0 atom stereocenters. The van der Waals surface area contributed by atoms with Gasteiger partial charge in [0.15, 0.2) is 0 Å². The van der Waals surface area contributed by atoms with Gasteiger partial charge in [-0.25, -0.2) is 9.37 Å². The Morgan fingerprint density at radius 3 is 2.75 bits per heavy atom. The summed E-state index contributed by atoms with van der Waals surface area (Å²) in [5.41, 5.74) is 4.23. The molecule has 4 rings (SSSR count). The molecular formula is C19H19ClFN5S2. The molecule has 2 aromatic carbocycles. The molecule has 28 heavy (non-hydrogen) atoms. The van der Waals surface area contributed by atoms with Gasteiger partial charge in [-0.05, 0) is 55.4 Å². The smallest absolute Gasteiger partial charge is 0.147 e. The Bertz CT molecular complexity index is 954. The minimum Gasteiger partial charge on any atom is -0.355 e. The van der Waals surface area contributed by atoms with E-state index < -0.39 is 0 Å². The van der Waals surface area contributed by atoms with Crippen LogP contribution in [-0.4, -0.2) is 36.7 Å². The monoisotopic (exact) mass is 435 g/mol. The van der Waals surface area contributed by atoms with Crippen LogP contribution in [0.15, 0.2) is 52.2 Å². The molecule has 146 valence electrons. The lowest BCUT2D eigenvalue weighted by Crippen LogP contribution is -2.23. The lowest BCUT2D eigenvalue weighted by molar-refractivity contribution is 0.421. The number of anilines is 4. The van der Waals surface area contributed by atoms with Crippen molar-refractivity contribution in [3.8, 4) is 0 Å². The summed E-state index contributed by atoms with van der Waals surface area (Å²) in [5.74, 6) is 0.570. The first kappa shape index (κ1) is 19.3. The molecule has 1 saturated heterocycles. The summed E-state index contributed by atoms with van der Waals surface area (Å²) in [7, 11) is 2.05. The van der Waals surface area contributed by atoms with E-state index in [9.17, 15) is 4.39 Å². The number of hydrogen-bond donors (Lipinski definition) is 2. The highest BCUT2D eigenvalue weighted by Crippen LogP contribution is 2.35. The van der Waals surface area contributed by atoms with Gasteiger partial charge in [0, 0.05) is 23.4 Å². The number of benzene rings is 2.